The Kier molecular flexibility index (Phi) is 8.39. The van der Waals surface area contributed by atoms with Gasteiger partial charge in [0.1, 0.15) is 0 Å². The first kappa shape index (κ1) is 36.5. The van der Waals surface area contributed by atoms with E-state index in [2.05, 4.69) is 240 Å². The van der Waals surface area contributed by atoms with E-state index in [-0.39, 0.29) is 0 Å². The van der Waals surface area contributed by atoms with Crippen LogP contribution in [0.3, 0.4) is 0 Å². The Hall–Kier alpha value is -8.20. The standard InChI is InChI=1S/C62H42N2/c1-3-19-47-37-49(31-25-41(47)13-1)61-53-35-33-52(64-59-23-11-7-17-45(59)29-30-46-18-8-12-24-60(46)64)40-56(53)62(50-32-26-42-14-2-4-20-48(42)38-50)54-36-34-51(39-55(54)61)63-57-21-9-5-15-43(57)27-28-44-16-6-10-22-58(44)63/h1-3,5-19,21-40H,4,20H2. The fraction of sp³-hybridized carbons (Fsp3) is 0.0323. The lowest BCUT2D eigenvalue weighted by Crippen LogP contribution is -2.12. The molecule has 2 heteroatoms. The molecule has 300 valence electrons. The maximum Gasteiger partial charge on any atom is 0.0534 e. The molecule has 10 aromatic rings. The van der Waals surface area contributed by atoms with Crippen LogP contribution in [-0.4, -0.2) is 0 Å². The first-order valence-corrected chi connectivity index (χ1v) is 22.4. The zero-order chi connectivity index (χ0) is 42.1. The highest BCUT2D eigenvalue weighted by molar-refractivity contribution is 6.23. The molecule has 0 fully saturated rings. The molecule has 0 aromatic heterocycles. The third-order valence-electron chi connectivity index (χ3n) is 13.5. The third kappa shape index (κ3) is 5.87. The molecule has 2 aliphatic heterocycles. The second-order valence-electron chi connectivity index (χ2n) is 17.2. The van der Waals surface area contributed by atoms with Crippen molar-refractivity contribution in [3.8, 4) is 22.3 Å². The van der Waals surface area contributed by atoms with Crippen molar-refractivity contribution in [1.82, 2.24) is 0 Å². The fourth-order valence-electron chi connectivity index (χ4n) is 10.5. The number of hydrogen-bond acceptors (Lipinski definition) is 2. The number of para-hydroxylation sites is 4. The minimum Gasteiger partial charge on any atom is -0.309 e. The van der Waals surface area contributed by atoms with E-state index < -0.39 is 0 Å². The molecule has 3 aliphatic rings. The maximum absolute atomic E-state index is 2.47. The van der Waals surface area contributed by atoms with Gasteiger partial charge in [-0.25, -0.2) is 0 Å². The molecule has 0 amide bonds. The largest absolute Gasteiger partial charge is 0.309 e. The van der Waals surface area contributed by atoms with Gasteiger partial charge in [0.05, 0.1) is 22.7 Å². The number of benzene rings is 10. The van der Waals surface area contributed by atoms with Crippen molar-refractivity contribution in [2.45, 2.75) is 12.8 Å². The van der Waals surface area contributed by atoms with Gasteiger partial charge in [0.15, 0.2) is 0 Å². The minimum atomic E-state index is 1.04. The molecule has 13 rings (SSSR count). The van der Waals surface area contributed by atoms with E-state index in [1.54, 1.807) is 0 Å². The number of fused-ring (bicyclic) bond motifs is 8. The average molecular weight is 815 g/mol. The van der Waals surface area contributed by atoms with E-state index >= 15 is 0 Å². The van der Waals surface area contributed by atoms with Crippen molar-refractivity contribution in [3.63, 3.8) is 0 Å². The molecule has 0 N–H and O–H groups in total. The lowest BCUT2D eigenvalue weighted by Gasteiger charge is -2.29. The summed E-state index contributed by atoms with van der Waals surface area (Å²) < 4.78 is 0. The number of hydrogen-bond donors (Lipinski definition) is 0. The van der Waals surface area contributed by atoms with Crippen LogP contribution < -0.4 is 9.80 Å². The van der Waals surface area contributed by atoms with Crippen molar-refractivity contribution < 1.29 is 0 Å². The van der Waals surface area contributed by atoms with E-state index in [1.807, 2.05) is 0 Å². The van der Waals surface area contributed by atoms with Gasteiger partial charge >= 0.3 is 0 Å². The summed E-state index contributed by atoms with van der Waals surface area (Å²) in [5.74, 6) is 0. The highest BCUT2D eigenvalue weighted by atomic mass is 15.2. The Morgan fingerprint density at radius 1 is 0.312 bits per heavy atom. The quantitative estimate of drug-likeness (QED) is 0.163. The van der Waals surface area contributed by atoms with Crippen LogP contribution in [0.1, 0.15) is 39.8 Å². The summed E-state index contributed by atoms with van der Waals surface area (Å²) in [6, 6.07) is 72.3. The summed E-state index contributed by atoms with van der Waals surface area (Å²) >= 11 is 0. The van der Waals surface area contributed by atoms with Gasteiger partial charge in [0.2, 0.25) is 0 Å². The summed E-state index contributed by atoms with van der Waals surface area (Å²) in [5.41, 5.74) is 19.3. The molecule has 0 unspecified atom stereocenters. The Labute approximate surface area is 373 Å². The van der Waals surface area contributed by atoms with E-state index in [0.29, 0.717) is 0 Å². The molecule has 0 saturated carbocycles. The van der Waals surface area contributed by atoms with Crippen molar-refractivity contribution in [1.29, 1.82) is 0 Å². The lowest BCUT2D eigenvalue weighted by molar-refractivity contribution is 0.986. The molecule has 1 aliphatic carbocycles. The van der Waals surface area contributed by atoms with Gasteiger partial charge in [-0.15, -0.1) is 0 Å². The van der Waals surface area contributed by atoms with Crippen LogP contribution in [-0.2, 0) is 6.42 Å². The van der Waals surface area contributed by atoms with E-state index in [1.165, 1.54) is 88.0 Å². The average Bonchev–Trinajstić information content (AvgIpc) is 3.63. The maximum atomic E-state index is 2.47. The normalized spacial score (nSPS) is 13.6. The molecular weight excluding hydrogens is 773 g/mol. The van der Waals surface area contributed by atoms with Crippen LogP contribution in [0.2, 0.25) is 0 Å². The van der Waals surface area contributed by atoms with Crippen LogP contribution in [0.4, 0.5) is 34.1 Å². The first-order valence-electron chi connectivity index (χ1n) is 22.4. The lowest BCUT2D eigenvalue weighted by atomic mass is 9.83. The summed E-state index contributed by atoms with van der Waals surface area (Å²) in [4.78, 5) is 4.91. The van der Waals surface area contributed by atoms with Crippen molar-refractivity contribution >= 4 is 96.8 Å². The second-order valence-corrected chi connectivity index (χ2v) is 17.2. The third-order valence-corrected chi connectivity index (χ3v) is 13.5. The van der Waals surface area contributed by atoms with Crippen LogP contribution in [0.25, 0.3) is 85.0 Å². The Morgan fingerprint density at radius 3 is 1.30 bits per heavy atom. The molecule has 64 heavy (non-hydrogen) atoms. The molecule has 2 heterocycles. The zero-order valence-corrected chi connectivity index (χ0v) is 35.2. The van der Waals surface area contributed by atoms with Gasteiger partial charge in [0.25, 0.3) is 0 Å². The minimum absolute atomic E-state index is 1.04. The van der Waals surface area contributed by atoms with Gasteiger partial charge in [-0.3, -0.25) is 0 Å². The predicted octanol–water partition coefficient (Wildman–Crippen LogP) is 17.3. The van der Waals surface area contributed by atoms with Gasteiger partial charge in [-0.2, -0.15) is 0 Å². The van der Waals surface area contributed by atoms with Crippen molar-refractivity contribution in [2.24, 2.45) is 0 Å². The molecule has 10 aromatic carbocycles. The van der Waals surface area contributed by atoms with E-state index in [0.717, 1.165) is 47.0 Å². The second kappa shape index (κ2) is 14.7. The van der Waals surface area contributed by atoms with Crippen molar-refractivity contribution in [3.05, 3.63) is 234 Å². The monoisotopic (exact) mass is 814 g/mol. The molecule has 0 atom stereocenters. The summed E-state index contributed by atoms with van der Waals surface area (Å²) in [6.07, 6.45) is 15.7. The van der Waals surface area contributed by atoms with Gasteiger partial charge in [-0.1, -0.05) is 176 Å². The van der Waals surface area contributed by atoms with E-state index in [9.17, 15) is 0 Å². The Bertz CT molecular complexity index is 3540. The van der Waals surface area contributed by atoms with Crippen LogP contribution in [0.5, 0.6) is 0 Å². The Balaban J connectivity index is 1.15. The molecule has 2 nitrogen and oxygen atoms in total. The molecule has 0 spiro atoms. The highest BCUT2D eigenvalue weighted by Gasteiger charge is 2.26. The zero-order valence-electron chi connectivity index (χ0n) is 35.2. The van der Waals surface area contributed by atoms with Crippen LogP contribution in [0.15, 0.2) is 200 Å². The van der Waals surface area contributed by atoms with Gasteiger partial charge in [-0.05, 0) is 155 Å². The number of allylic oxidation sites excluding steroid dienone is 1. The van der Waals surface area contributed by atoms with Gasteiger partial charge in [0, 0.05) is 11.4 Å². The smallest absolute Gasteiger partial charge is 0.0534 e. The number of aryl methyl sites for hydroxylation is 1. The predicted molar refractivity (Wildman–Crippen MR) is 274 cm³/mol. The number of anilines is 6. The van der Waals surface area contributed by atoms with Crippen molar-refractivity contribution in [2.75, 3.05) is 9.80 Å². The summed E-state index contributed by atoms with van der Waals surface area (Å²) in [6.45, 7) is 0. The van der Waals surface area contributed by atoms with Crippen LogP contribution >= 0.6 is 0 Å². The van der Waals surface area contributed by atoms with Gasteiger partial charge < -0.3 is 9.80 Å². The molecule has 0 radical (unpaired) electrons. The molecule has 0 saturated heterocycles. The molecular formula is C62H42N2. The summed E-state index contributed by atoms with van der Waals surface area (Å²) in [5, 5.41) is 7.38. The Morgan fingerprint density at radius 2 is 0.766 bits per heavy atom. The fourth-order valence-corrected chi connectivity index (χ4v) is 10.5. The molecule has 0 bridgehead atoms. The van der Waals surface area contributed by atoms with Crippen LogP contribution in [0, 0.1) is 0 Å². The first-order chi connectivity index (χ1) is 31.7. The topological polar surface area (TPSA) is 6.48 Å². The van der Waals surface area contributed by atoms with E-state index in [4.69, 9.17) is 0 Å². The number of nitrogens with zero attached hydrogens (tertiary/aromatic N) is 2. The summed E-state index contributed by atoms with van der Waals surface area (Å²) in [7, 11) is 0. The highest BCUT2D eigenvalue weighted by Crippen LogP contribution is 2.51. The SMILES string of the molecule is C1=Cc2ccc(-c3c4ccc(N5c6ccccc6C=Cc6ccccc65)cc4c(-c4ccc5ccccc5c4)c4ccc(N5c6ccccc6C=Cc6ccccc65)cc34)cc2CC1. The number of rotatable bonds is 4.